The van der Waals surface area contributed by atoms with Gasteiger partial charge in [-0.2, -0.15) is 0 Å². The number of rotatable bonds is 3. The van der Waals surface area contributed by atoms with Crippen molar-refractivity contribution in [3.8, 4) is 0 Å². The maximum Gasteiger partial charge on any atom is 0.0494 e. The number of benzene rings is 1. The molecule has 0 aliphatic heterocycles. The van der Waals surface area contributed by atoms with Crippen molar-refractivity contribution in [2.45, 2.75) is 20.4 Å². The normalized spacial score (nSPS) is 10.4. The third-order valence-electron chi connectivity index (χ3n) is 2.44. The molecular formula is C13H14ClNS. The van der Waals surface area contributed by atoms with Crippen LogP contribution in [0.1, 0.15) is 15.3 Å². The first-order valence-corrected chi connectivity index (χ1v) is 6.40. The molecule has 1 heterocycles. The molecule has 0 saturated heterocycles. The topological polar surface area (TPSA) is 12.0 Å². The fourth-order valence-corrected chi connectivity index (χ4v) is 2.64. The van der Waals surface area contributed by atoms with Crippen molar-refractivity contribution in [3.05, 3.63) is 50.7 Å². The first-order valence-electron chi connectivity index (χ1n) is 5.20. The second-order valence-corrected chi connectivity index (χ2v) is 5.63. The van der Waals surface area contributed by atoms with Crippen molar-refractivity contribution < 1.29 is 0 Å². The van der Waals surface area contributed by atoms with Crippen molar-refractivity contribution in [2.75, 3.05) is 5.32 Å². The molecule has 3 heteroatoms. The summed E-state index contributed by atoms with van der Waals surface area (Å²) in [4.78, 5) is 2.71. The first kappa shape index (κ1) is 11.5. The Hall–Kier alpha value is -0.990. The lowest BCUT2D eigenvalue weighted by Gasteiger charge is -2.08. The highest BCUT2D eigenvalue weighted by atomic mass is 35.5. The molecule has 0 amide bonds. The minimum Gasteiger partial charge on any atom is -0.380 e. The summed E-state index contributed by atoms with van der Waals surface area (Å²) < 4.78 is 0. The van der Waals surface area contributed by atoms with Gasteiger partial charge in [0.25, 0.3) is 0 Å². The summed E-state index contributed by atoms with van der Waals surface area (Å²) in [6.07, 6.45) is 0. The van der Waals surface area contributed by atoms with Crippen molar-refractivity contribution in [3.63, 3.8) is 0 Å². The van der Waals surface area contributed by atoms with E-state index in [2.05, 4.69) is 31.3 Å². The van der Waals surface area contributed by atoms with E-state index in [-0.39, 0.29) is 0 Å². The molecule has 84 valence electrons. The Morgan fingerprint density at radius 1 is 1.19 bits per heavy atom. The number of anilines is 1. The van der Waals surface area contributed by atoms with E-state index in [1.54, 1.807) is 0 Å². The van der Waals surface area contributed by atoms with Gasteiger partial charge in [-0.05, 0) is 49.7 Å². The van der Waals surface area contributed by atoms with Gasteiger partial charge in [-0.15, -0.1) is 11.3 Å². The monoisotopic (exact) mass is 251 g/mol. The highest BCUT2D eigenvalue weighted by Crippen LogP contribution is 2.21. The highest BCUT2D eigenvalue weighted by molar-refractivity contribution is 7.11. The van der Waals surface area contributed by atoms with Gasteiger partial charge in [-0.25, -0.2) is 0 Å². The molecule has 1 N–H and O–H groups in total. The zero-order valence-corrected chi connectivity index (χ0v) is 11.0. The van der Waals surface area contributed by atoms with Gasteiger partial charge in [-0.3, -0.25) is 0 Å². The number of hydrogen-bond donors (Lipinski definition) is 1. The number of halogens is 1. The predicted octanol–water partition coefficient (Wildman–Crippen LogP) is 4.63. The minimum absolute atomic E-state index is 0.787. The Bertz CT molecular complexity index is 490. The van der Waals surface area contributed by atoms with Gasteiger partial charge < -0.3 is 5.32 Å². The van der Waals surface area contributed by atoms with E-state index in [9.17, 15) is 0 Å². The van der Waals surface area contributed by atoms with E-state index in [1.807, 2.05) is 29.5 Å². The molecule has 0 bridgehead atoms. The summed E-state index contributed by atoms with van der Waals surface area (Å²) in [5, 5.41) is 4.21. The molecule has 0 unspecified atom stereocenters. The molecule has 1 aromatic heterocycles. The lowest BCUT2D eigenvalue weighted by molar-refractivity contribution is 1.18. The van der Waals surface area contributed by atoms with Gasteiger partial charge in [0.1, 0.15) is 0 Å². The van der Waals surface area contributed by atoms with E-state index in [4.69, 9.17) is 11.6 Å². The second kappa shape index (κ2) is 4.89. The van der Waals surface area contributed by atoms with Crippen LogP contribution in [0.25, 0.3) is 0 Å². The average molecular weight is 252 g/mol. The summed E-state index contributed by atoms with van der Waals surface area (Å²) in [5.41, 5.74) is 2.33. The van der Waals surface area contributed by atoms with Gasteiger partial charge in [-0.1, -0.05) is 11.6 Å². The van der Waals surface area contributed by atoms with Crippen molar-refractivity contribution in [1.29, 1.82) is 0 Å². The zero-order chi connectivity index (χ0) is 11.5. The van der Waals surface area contributed by atoms with Crippen LogP contribution < -0.4 is 5.32 Å². The maximum atomic E-state index is 5.91. The number of hydrogen-bond acceptors (Lipinski definition) is 2. The quantitative estimate of drug-likeness (QED) is 0.839. The second-order valence-electron chi connectivity index (χ2n) is 3.83. The zero-order valence-electron chi connectivity index (χ0n) is 9.38. The molecule has 0 aliphatic carbocycles. The SMILES string of the molecule is Cc1ccc(CNc2ccc(Cl)cc2C)s1. The third kappa shape index (κ3) is 2.77. The number of nitrogens with one attached hydrogen (secondary N) is 1. The van der Waals surface area contributed by atoms with E-state index in [0.717, 1.165) is 17.3 Å². The van der Waals surface area contributed by atoms with Crippen LogP contribution in [0.2, 0.25) is 5.02 Å². The molecular weight excluding hydrogens is 238 g/mol. The minimum atomic E-state index is 0.787. The van der Waals surface area contributed by atoms with Crippen LogP contribution in [0.15, 0.2) is 30.3 Å². The first-order chi connectivity index (χ1) is 7.65. The number of aryl methyl sites for hydroxylation is 2. The lowest BCUT2D eigenvalue weighted by Crippen LogP contribution is -1.98. The van der Waals surface area contributed by atoms with Crippen LogP contribution in [-0.2, 0) is 6.54 Å². The van der Waals surface area contributed by atoms with Crippen LogP contribution in [0.4, 0.5) is 5.69 Å². The van der Waals surface area contributed by atoms with Crippen LogP contribution in [-0.4, -0.2) is 0 Å². The van der Waals surface area contributed by atoms with E-state index in [1.165, 1.54) is 15.3 Å². The van der Waals surface area contributed by atoms with Crippen LogP contribution in [0, 0.1) is 13.8 Å². The molecule has 0 saturated carbocycles. The van der Waals surface area contributed by atoms with E-state index in [0.29, 0.717) is 0 Å². The van der Waals surface area contributed by atoms with E-state index >= 15 is 0 Å². The Kier molecular flexibility index (Phi) is 3.52. The molecule has 0 aliphatic rings. The molecule has 2 rings (SSSR count). The smallest absolute Gasteiger partial charge is 0.0494 e. The molecule has 0 atom stereocenters. The van der Waals surface area contributed by atoms with E-state index < -0.39 is 0 Å². The van der Waals surface area contributed by atoms with Gasteiger partial charge >= 0.3 is 0 Å². The van der Waals surface area contributed by atoms with Gasteiger partial charge in [0.05, 0.1) is 0 Å². The highest BCUT2D eigenvalue weighted by Gasteiger charge is 2.00. The third-order valence-corrected chi connectivity index (χ3v) is 3.67. The molecule has 0 fully saturated rings. The van der Waals surface area contributed by atoms with Gasteiger partial charge in [0.2, 0.25) is 0 Å². The summed E-state index contributed by atoms with van der Waals surface area (Å²) in [5.74, 6) is 0. The van der Waals surface area contributed by atoms with Gasteiger partial charge in [0.15, 0.2) is 0 Å². The predicted molar refractivity (Wildman–Crippen MR) is 72.6 cm³/mol. The summed E-state index contributed by atoms with van der Waals surface area (Å²) >= 11 is 7.74. The van der Waals surface area contributed by atoms with Crippen molar-refractivity contribution >= 4 is 28.6 Å². The van der Waals surface area contributed by atoms with Crippen LogP contribution >= 0.6 is 22.9 Å². The van der Waals surface area contributed by atoms with Gasteiger partial charge in [0, 0.05) is 27.0 Å². The summed E-state index contributed by atoms with van der Waals surface area (Å²) in [7, 11) is 0. The van der Waals surface area contributed by atoms with Crippen LogP contribution in [0.3, 0.4) is 0 Å². The molecule has 1 aromatic carbocycles. The Labute approximate surface area is 105 Å². The molecule has 2 aromatic rings. The lowest BCUT2D eigenvalue weighted by atomic mass is 10.2. The largest absolute Gasteiger partial charge is 0.380 e. The van der Waals surface area contributed by atoms with Crippen molar-refractivity contribution in [1.82, 2.24) is 0 Å². The Morgan fingerprint density at radius 3 is 2.62 bits per heavy atom. The summed E-state index contributed by atoms with van der Waals surface area (Å²) in [6.45, 7) is 5.07. The fraction of sp³-hybridized carbons (Fsp3) is 0.231. The molecule has 0 radical (unpaired) electrons. The fourth-order valence-electron chi connectivity index (χ4n) is 1.59. The molecule has 16 heavy (non-hydrogen) atoms. The molecule has 0 spiro atoms. The van der Waals surface area contributed by atoms with Crippen LogP contribution in [0.5, 0.6) is 0 Å². The number of thiophene rings is 1. The average Bonchev–Trinajstić information content (AvgIpc) is 2.63. The standard InChI is InChI=1S/C13H14ClNS/c1-9-7-11(14)4-6-13(9)15-8-12-5-3-10(2)16-12/h3-7,15H,8H2,1-2H3. The summed E-state index contributed by atoms with van der Waals surface area (Å²) in [6, 6.07) is 10.2. The Morgan fingerprint density at radius 2 is 2.00 bits per heavy atom. The Balaban J connectivity index is 2.04. The molecule has 1 nitrogen and oxygen atoms in total. The van der Waals surface area contributed by atoms with Crippen molar-refractivity contribution in [2.24, 2.45) is 0 Å². The maximum absolute atomic E-state index is 5.91.